The minimum atomic E-state index is -4.62. The highest BCUT2D eigenvalue weighted by atomic mass is 35.5. The van der Waals surface area contributed by atoms with Gasteiger partial charge in [0.2, 0.25) is 5.88 Å². The highest BCUT2D eigenvalue weighted by molar-refractivity contribution is 7.10. The Kier molecular flexibility index (Phi) is 6.99. The Morgan fingerprint density at radius 1 is 1.19 bits per heavy atom. The Balaban J connectivity index is 1.66. The molecule has 11 heteroatoms. The molecule has 3 heterocycles. The van der Waals surface area contributed by atoms with Gasteiger partial charge in [0.25, 0.3) is 0 Å². The smallest absolute Gasteiger partial charge is 0.416 e. The maximum Gasteiger partial charge on any atom is 0.416 e. The second kappa shape index (κ2) is 10.1. The Hall–Kier alpha value is -2.95. The number of likely N-dealkylation sites (tertiary alicyclic amines) is 1. The maximum absolute atomic E-state index is 13.9. The quantitative estimate of drug-likeness (QED) is 0.515. The normalized spacial score (nSPS) is 17.1. The Labute approximate surface area is 219 Å². The van der Waals surface area contributed by atoms with Gasteiger partial charge in [-0.1, -0.05) is 42.0 Å². The van der Waals surface area contributed by atoms with E-state index in [0.29, 0.717) is 34.6 Å². The van der Waals surface area contributed by atoms with Crippen LogP contribution in [0.5, 0.6) is 5.88 Å². The Morgan fingerprint density at radius 2 is 1.95 bits per heavy atom. The first kappa shape index (κ1) is 25.7. The molecule has 0 atom stereocenters. The molecule has 194 valence electrons. The lowest BCUT2D eigenvalue weighted by molar-refractivity contribution is -0.138. The largest absolute Gasteiger partial charge is 0.493 e. The van der Waals surface area contributed by atoms with Crippen molar-refractivity contribution < 1.29 is 18.3 Å². The molecule has 2 aliphatic rings. The van der Waals surface area contributed by atoms with E-state index in [-0.39, 0.29) is 38.7 Å². The zero-order chi connectivity index (χ0) is 26.3. The van der Waals surface area contributed by atoms with Crippen LogP contribution in [-0.4, -0.2) is 40.4 Å². The van der Waals surface area contributed by atoms with Crippen LogP contribution >= 0.6 is 22.9 Å². The van der Waals surface area contributed by atoms with Crippen molar-refractivity contribution in [1.82, 2.24) is 9.47 Å². The summed E-state index contributed by atoms with van der Waals surface area (Å²) in [4.78, 5) is 15.3. The zero-order valence-corrected chi connectivity index (χ0v) is 21.5. The van der Waals surface area contributed by atoms with Crippen molar-refractivity contribution in [2.24, 2.45) is 10.2 Å². The number of aromatic nitrogens is 1. The number of halogens is 4. The van der Waals surface area contributed by atoms with Crippen molar-refractivity contribution in [3.05, 3.63) is 83.2 Å². The van der Waals surface area contributed by atoms with E-state index in [2.05, 4.69) is 22.0 Å². The second-order valence-corrected chi connectivity index (χ2v) is 10.5. The summed E-state index contributed by atoms with van der Waals surface area (Å²) in [5.41, 5.74) is 0.267. The van der Waals surface area contributed by atoms with E-state index in [1.807, 2.05) is 0 Å². The molecule has 0 spiro atoms. The number of rotatable bonds is 5. The molecule has 1 aromatic heterocycles. The van der Waals surface area contributed by atoms with Crippen LogP contribution in [0, 0.1) is 0 Å². The Morgan fingerprint density at radius 3 is 2.65 bits per heavy atom. The SMILES string of the molecule is CCN1CCC(n2c(O)c(C(Cc3ccc(Cl)cc3C(F)(F)F)=c3ccc4c(c3)C=NN=4)sc2=O)CC1. The van der Waals surface area contributed by atoms with E-state index in [0.717, 1.165) is 37.0 Å². The molecule has 0 unspecified atom stereocenters. The molecule has 1 fully saturated rings. The number of hydrogen-bond donors (Lipinski definition) is 1. The molecular formula is C26H24ClF3N4O2S. The highest BCUT2D eigenvalue weighted by Crippen LogP contribution is 2.38. The summed E-state index contributed by atoms with van der Waals surface area (Å²) in [6, 6.07) is 8.69. The van der Waals surface area contributed by atoms with Crippen LogP contribution in [0.25, 0.3) is 5.57 Å². The van der Waals surface area contributed by atoms with Crippen molar-refractivity contribution in [1.29, 1.82) is 0 Å². The van der Waals surface area contributed by atoms with E-state index in [1.165, 1.54) is 16.7 Å². The topological polar surface area (TPSA) is 70.2 Å². The number of alkyl halides is 3. The summed E-state index contributed by atoms with van der Waals surface area (Å²) < 4.78 is 43.1. The predicted octanol–water partition coefficient (Wildman–Crippen LogP) is 4.35. The van der Waals surface area contributed by atoms with Crippen LogP contribution in [0.15, 0.2) is 51.4 Å². The van der Waals surface area contributed by atoms with E-state index in [4.69, 9.17) is 11.6 Å². The molecule has 3 aromatic rings. The van der Waals surface area contributed by atoms with Crippen molar-refractivity contribution in [3.63, 3.8) is 0 Å². The monoisotopic (exact) mass is 548 g/mol. The minimum Gasteiger partial charge on any atom is -0.493 e. The molecule has 37 heavy (non-hydrogen) atoms. The van der Waals surface area contributed by atoms with Crippen LogP contribution in [-0.2, 0) is 12.6 Å². The lowest BCUT2D eigenvalue weighted by atomic mass is 9.96. The standard InChI is InChI=1S/C26H24ClF3N4O2S/c1-2-33-9-7-19(8-10-33)34-24(35)23(37-25(34)36)20(15-4-6-22-17(11-15)14-31-32-22)12-16-3-5-18(27)13-21(16)26(28,29)30/h3-6,11,13-14,19,35H,2,7-10,12H2,1H3. The Bertz CT molecular complexity index is 1550. The molecule has 0 radical (unpaired) electrons. The zero-order valence-electron chi connectivity index (χ0n) is 19.9. The molecule has 2 aliphatic heterocycles. The molecule has 1 N–H and O–H groups in total. The van der Waals surface area contributed by atoms with Gasteiger partial charge in [-0.3, -0.25) is 9.36 Å². The number of thiazole rings is 1. The third kappa shape index (κ3) is 5.10. The van der Waals surface area contributed by atoms with Gasteiger partial charge in [0.05, 0.1) is 22.0 Å². The van der Waals surface area contributed by atoms with Crippen LogP contribution in [0.3, 0.4) is 0 Å². The minimum absolute atomic E-state index is 0.00574. The van der Waals surface area contributed by atoms with E-state index in [1.54, 1.807) is 24.4 Å². The van der Waals surface area contributed by atoms with Gasteiger partial charge < -0.3 is 10.0 Å². The van der Waals surface area contributed by atoms with Crippen molar-refractivity contribution in [2.45, 2.75) is 38.4 Å². The first-order chi connectivity index (χ1) is 17.7. The van der Waals surface area contributed by atoms with Gasteiger partial charge in [-0.25, -0.2) is 0 Å². The maximum atomic E-state index is 13.9. The van der Waals surface area contributed by atoms with Gasteiger partial charge >= 0.3 is 11.0 Å². The molecule has 5 rings (SSSR count). The van der Waals surface area contributed by atoms with Crippen molar-refractivity contribution in [3.8, 4) is 5.88 Å². The van der Waals surface area contributed by atoms with Crippen LogP contribution in [0.2, 0.25) is 5.02 Å². The lowest BCUT2D eigenvalue weighted by Gasteiger charge is -2.31. The van der Waals surface area contributed by atoms with E-state index >= 15 is 0 Å². The fourth-order valence-corrected chi connectivity index (χ4v) is 6.13. The number of fused-ring (bicyclic) bond motifs is 1. The van der Waals surface area contributed by atoms with Gasteiger partial charge in [-0.05, 0) is 60.0 Å². The van der Waals surface area contributed by atoms with Crippen molar-refractivity contribution >= 4 is 34.7 Å². The van der Waals surface area contributed by atoms with Gasteiger partial charge in [-0.2, -0.15) is 23.4 Å². The molecule has 2 aromatic carbocycles. The van der Waals surface area contributed by atoms with E-state index < -0.39 is 11.7 Å². The number of hydrogen-bond acceptors (Lipinski definition) is 6. The molecule has 0 saturated carbocycles. The molecule has 6 nitrogen and oxygen atoms in total. The van der Waals surface area contributed by atoms with Gasteiger partial charge in [0.1, 0.15) is 0 Å². The second-order valence-electron chi connectivity index (χ2n) is 9.13. The predicted molar refractivity (Wildman–Crippen MR) is 138 cm³/mol. The van der Waals surface area contributed by atoms with Crippen LogP contribution < -0.4 is 15.4 Å². The summed E-state index contributed by atoms with van der Waals surface area (Å²) in [5.74, 6) is -0.207. The van der Waals surface area contributed by atoms with Crippen molar-refractivity contribution in [2.75, 3.05) is 19.6 Å². The summed E-state index contributed by atoms with van der Waals surface area (Å²) in [6.07, 6.45) is -1.81. The number of piperidine rings is 1. The molecule has 0 bridgehead atoms. The number of aromatic hydroxyl groups is 1. The average molecular weight is 549 g/mol. The van der Waals surface area contributed by atoms with Crippen LogP contribution in [0.1, 0.15) is 47.4 Å². The molecule has 1 saturated heterocycles. The lowest BCUT2D eigenvalue weighted by Crippen LogP contribution is -2.36. The average Bonchev–Trinajstić information content (AvgIpc) is 3.46. The summed E-state index contributed by atoms with van der Waals surface area (Å²) in [6.45, 7) is 4.61. The third-order valence-corrected chi connectivity index (χ3v) is 8.18. The number of nitrogens with zero attached hydrogens (tertiary/aromatic N) is 4. The van der Waals surface area contributed by atoms with Gasteiger partial charge in [-0.15, -0.1) is 0 Å². The molecular weight excluding hydrogens is 525 g/mol. The van der Waals surface area contributed by atoms with Gasteiger partial charge in [0.15, 0.2) is 0 Å². The number of benzene rings is 2. The molecule has 0 aliphatic carbocycles. The summed E-state index contributed by atoms with van der Waals surface area (Å²) in [5, 5.41) is 20.4. The first-order valence-corrected chi connectivity index (χ1v) is 13.1. The molecule has 0 amide bonds. The third-order valence-electron chi connectivity index (χ3n) is 6.94. The van der Waals surface area contributed by atoms with Gasteiger partial charge in [0, 0.05) is 36.1 Å². The first-order valence-electron chi connectivity index (χ1n) is 11.9. The summed E-state index contributed by atoms with van der Waals surface area (Å²) in [7, 11) is 0. The fourth-order valence-electron chi connectivity index (χ4n) is 4.95. The fraction of sp³-hybridized carbons (Fsp3) is 0.346. The van der Waals surface area contributed by atoms with Crippen LogP contribution in [0.4, 0.5) is 13.2 Å². The summed E-state index contributed by atoms with van der Waals surface area (Å²) >= 11 is 6.75. The van der Waals surface area contributed by atoms with E-state index in [9.17, 15) is 23.1 Å². The highest BCUT2D eigenvalue weighted by Gasteiger charge is 2.34.